The fraction of sp³-hybridized carbons (Fsp3) is 0.348. The summed E-state index contributed by atoms with van der Waals surface area (Å²) < 4.78 is 2.22. The Kier molecular flexibility index (Phi) is 5.37. The Labute approximate surface area is 177 Å². The zero-order chi connectivity index (χ0) is 20.5. The van der Waals surface area contributed by atoms with Gasteiger partial charge in [-0.05, 0) is 67.9 Å². The molecular formula is C23H27N5S. The van der Waals surface area contributed by atoms with Crippen LogP contribution in [0.15, 0.2) is 54.9 Å². The lowest BCUT2D eigenvalue weighted by Crippen LogP contribution is -2.33. The first kappa shape index (κ1) is 19.6. The second kappa shape index (κ2) is 7.95. The smallest absolute Gasteiger partial charge is 0.170 e. The van der Waals surface area contributed by atoms with Crippen molar-refractivity contribution in [3.05, 3.63) is 77.5 Å². The third-order valence-corrected chi connectivity index (χ3v) is 5.78. The number of nitrogens with zero attached hydrogens (tertiary/aromatic N) is 4. The summed E-state index contributed by atoms with van der Waals surface area (Å²) in [6.07, 6.45) is 3.68. The van der Waals surface area contributed by atoms with Crippen molar-refractivity contribution < 1.29 is 0 Å². The van der Waals surface area contributed by atoms with E-state index in [-0.39, 0.29) is 12.1 Å². The van der Waals surface area contributed by atoms with Crippen molar-refractivity contribution in [1.82, 2.24) is 24.8 Å². The third-order valence-electron chi connectivity index (χ3n) is 5.43. The molecule has 3 aromatic heterocycles. The van der Waals surface area contributed by atoms with E-state index in [1.54, 1.807) is 0 Å². The molecule has 1 fully saturated rings. The largest absolute Gasteiger partial charge is 0.352 e. The van der Waals surface area contributed by atoms with Gasteiger partial charge in [0.05, 0.1) is 17.8 Å². The Hall–Kier alpha value is -2.73. The highest BCUT2D eigenvalue weighted by molar-refractivity contribution is 7.80. The Bertz CT molecular complexity index is 997. The zero-order valence-corrected chi connectivity index (χ0v) is 18.1. The summed E-state index contributed by atoms with van der Waals surface area (Å²) in [4.78, 5) is 11.5. The van der Waals surface area contributed by atoms with Crippen LogP contribution in [-0.4, -0.2) is 31.1 Å². The van der Waals surface area contributed by atoms with Gasteiger partial charge in [0, 0.05) is 30.3 Å². The highest BCUT2D eigenvalue weighted by atomic mass is 32.1. The number of nitrogens with one attached hydrogen (secondary N) is 1. The van der Waals surface area contributed by atoms with Gasteiger partial charge >= 0.3 is 0 Å². The van der Waals surface area contributed by atoms with E-state index in [4.69, 9.17) is 12.2 Å². The maximum Gasteiger partial charge on any atom is 0.170 e. The van der Waals surface area contributed by atoms with Gasteiger partial charge in [-0.25, -0.2) is 4.98 Å². The number of rotatable bonds is 5. The molecule has 2 atom stereocenters. The van der Waals surface area contributed by atoms with Crippen LogP contribution in [0, 0.1) is 19.8 Å². The highest BCUT2D eigenvalue weighted by Gasteiger charge is 2.41. The molecule has 0 spiro atoms. The Morgan fingerprint density at radius 2 is 1.79 bits per heavy atom. The van der Waals surface area contributed by atoms with Crippen LogP contribution in [0.25, 0.3) is 5.82 Å². The van der Waals surface area contributed by atoms with Crippen LogP contribution in [0.2, 0.25) is 0 Å². The molecule has 4 rings (SSSR count). The van der Waals surface area contributed by atoms with Crippen LogP contribution in [-0.2, 0) is 0 Å². The summed E-state index contributed by atoms with van der Waals surface area (Å²) in [5.41, 5.74) is 4.62. The van der Waals surface area contributed by atoms with Gasteiger partial charge in [0.25, 0.3) is 0 Å². The summed E-state index contributed by atoms with van der Waals surface area (Å²) in [6.45, 7) is 9.65. The Morgan fingerprint density at radius 1 is 1.07 bits per heavy atom. The van der Waals surface area contributed by atoms with Crippen LogP contribution < -0.4 is 5.32 Å². The quantitative estimate of drug-likeness (QED) is 0.633. The van der Waals surface area contributed by atoms with E-state index in [1.165, 1.54) is 17.0 Å². The van der Waals surface area contributed by atoms with Gasteiger partial charge in [0.1, 0.15) is 5.82 Å². The second-order valence-corrected chi connectivity index (χ2v) is 8.41. The van der Waals surface area contributed by atoms with Crippen molar-refractivity contribution in [3.8, 4) is 5.82 Å². The first-order chi connectivity index (χ1) is 14.0. The molecule has 0 aliphatic carbocycles. The molecule has 0 aromatic carbocycles. The minimum atomic E-state index is 0.0140. The number of aryl methyl sites for hydroxylation is 1. The first-order valence-electron chi connectivity index (χ1n) is 10.1. The topological polar surface area (TPSA) is 46.0 Å². The molecule has 1 aliphatic heterocycles. The van der Waals surface area contributed by atoms with Gasteiger partial charge in [-0.1, -0.05) is 26.0 Å². The van der Waals surface area contributed by atoms with Crippen LogP contribution in [0.1, 0.15) is 48.6 Å². The molecule has 0 radical (unpaired) electrons. The number of aromatic nitrogens is 3. The molecule has 3 aromatic rings. The average Bonchev–Trinajstić information content (AvgIpc) is 3.18. The van der Waals surface area contributed by atoms with E-state index < -0.39 is 0 Å². The predicted molar refractivity (Wildman–Crippen MR) is 120 cm³/mol. The molecule has 0 bridgehead atoms. The van der Waals surface area contributed by atoms with Crippen molar-refractivity contribution in [3.63, 3.8) is 0 Å². The highest BCUT2D eigenvalue weighted by Crippen LogP contribution is 2.41. The van der Waals surface area contributed by atoms with Gasteiger partial charge < -0.3 is 14.8 Å². The monoisotopic (exact) mass is 405 g/mol. The molecule has 0 amide bonds. The molecule has 2 unspecified atom stereocenters. The van der Waals surface area contributed by atoms with Gasteiger partial charge in [-0.2, -0.15) is 0 Å². The second-order valence-electron chi connectivity index (χ2n) is 8.02. The maximum absolute atomic E-state index is 5.76. The van der Waals surface area contributed by atoms with Gasteiger partial charge in [-0.3, -0.25) is 4.98 Å². The third kappa shape index (κ3) is 3.65. The molecule has 150 valence electrons. The lowest BCUT2D eigenvalue weighted by Gasteiger charge is -2.29. The van der Waals surface area contributed by atoms with Crippen LogP contribution in [0.5, 0.6) is 0 Å². The Balaban J connectivity index is 1.83. The molecular weight excluding hydrogens is 378 g/mol. The Morgan fingerprint density at radius 3 is 2.41 bits per heavy atom. The number of hydrogen-bond acceptors (Lipinski definition) is 3. The number of thiocarbonyl (C=S) groups is 1. The van der Waals surface area contributed by atoms with Crippen molar-refractivity contribution in [1.29, 1.82) is 0 Å². The van der Waals surface area contributed by atoms with Gasteiger partial charge in [0.15, 0.2) is 5.11 Å². The summed E-state index contributed by atoms with van der Waals surface area (Å²) in [6, 6.07) is 14.4. The van der Waals surface area contributed by atoms with E-state index in [9.17, 15) is 0 Å². The van der Waals surface area contributed by atoms with Gasteiger partial charge in [-0.15, -0.1) is 0 Å². The zero-order valence-electron chi connectivity index (χ0n) is 17.3. The molecule has 0 saturated carbocycles. The van der Waals surface area contributed by atoms with E-state index >= 15 is 0 Å². The van der Waals surface area contributed by atoms with Crippen LogP contribution in [0.3, 0.4) is 0 Å². The minimum absolute atomic E-state index is 0.0140. The predicted octanol–water partition coefficient (Wildman–Crippen LogP) is 4.51. The normalized spacial score (nSPS) is 19.1. The van der Waals surface area contributed by atoms with Crippen molar-refractivity contribution >= 4 is 17.3 Å². The maximum atomic E-state index is 5.76. The van der Waals surface area contributed by atoms with E-state index in [0.29, 0.717) is 5.92 Å². The first-order valence-corrected chi connectivity index (χ1v) is 10.5. The lowest BCUT2D eigenvalue weighted by molar-refractivity contribution is 0.287. The fourth-order valence-electron chi connectivity index (χ4n) is 4.26. The average molecular weight is 406 g/mol. The number of pyridine rings is 2. The lowest BCUT2D eigenvalue weighted by atomic mass is 9.96. The van der Waals surface area contributed by atoms with E-state index in [1.807, 2.05) is 42.7 Å². The van der Waals surface area contributed by atoms with Gasteiger partial charge in [0.2, 0.25) is 0 Å². The molecule has 4 heterocycles. The molecule has 1 N–H and O–H groups in total. The fourth-order valence-corrected chi connectivity index (χ4v) is 4.57. The summed E-state index contributed by atoms with van der Waals surface area (Å²) in [5, 5.41) is 4.33. The molecule has 5 nitrogen and oxygen atoms in total. The van der Waals surface area contributed by atoms with E-state index in [2.05, 4.69) is 64.6 Å². The summed E-state index contributed by atoms with van der Waals surface area (Å²) in [7, 11) is 0. The van der Waals surface area contributed by atoms with Crippen molar-refractivity contribution in [2.75, 3.05) is 6.54 Å². The molecule has 1 saturated heterocycles. The number of hydrogen-bond donors (Lipinski definition) is 1. The standard InChI is InChI=1S/C23H27N5S/c1-15(2)14-27-22(21(26-23(27)29)19-9-5-7-11-24-19)18-13-16(3)28(17(18)4)20-10-6-8-12-25-20/h5-13,15,21-22H,14H2,1-4H3,(H,26,29). The minimum Gasteiger partial charge on any atom is -0.352 e. The summed E-state index contributed by atoms with van der Waals surface area (Å²) >= 11 is 5.76. The molecule has 1 aliphatic rings. The summed E-state index contributed by atoms with van der Waals surface area (Å²) in [5.74, 6) is 1.44. The van der Waals surface area contributed by atoms with Crippen molar-refractivity contribution in [2.45, 2.75) is 39.8 Å². The molecule has 6 heteroatoms. The SMILES string of the molecule is Cc1cc(C2C(c3ccccn3)NC(=S)N2CC(C)C)c(C)n1-c1ccccn1. The van der Waals surface area contributed by atoms with E-state index in [0.717, 1.165) is 23.2 Å². The molecule has 29 heavy (non-hydrogen) atoms. The van der Waals surface area contributed by atoms with Crippen LogP contribution >= 0.6 is 12.2 Å². The van der Waals surface area contributed by atoms with Crippen LogP contribution in [0.4, 0.5) is 0 Å². The van der Waals surface area contributed by atoms with Crippen molar-refractivity contribution in [2.24, 2.45) is 5.92 Å².